The second-order valence-corrected chi connectivity index (χ2v) is 7.48. The van der Waals surface area contributed by atoms with E-state index in [1.807, 2.05) is 30.5 Å². The fourth-order valence-electron chi connectivity index (χ4n) is 3.40. The Balaban J connectivity index is 1.92. The SMILES string of the molecule is CSc1ccccc1C(=O)NC1CCCCCCCCCCC1. The Labute approximate surface area is 145 Å². The first kappa shape index (κ1) is 18.4. The molecule has 1 saturated carbocycles. The van der Waals surface area contributed by atoms with E-state index in [0.717, 1.165) is 23.3 Å². The molecule has 3 heteroatoms. The average Bonchev–Trinajstić information content (AvgIpc) is 2.57. The summed E-state index contributed by atoms with van der Waals surface area (Å²) in [5.74, 6) is 0.104. The molecule has 1 N–H and O–H groups in total. The van der Waals surface area contributed by atoms with Crippen LogP contribution in [-0.4, -0.2) is 18.2 Å². The molecule has 0 atom stereocenters. The van der Waals surface area contributed by atoms with Gasteiger partial charge in [0.2, 0.25) is 0 Å². The quantitative estimate of drug-likeness (QED) is 0.707. The molecular formula is C20H31NOS. The lowest BCUT2D eigenvalue weighted by atomic mass is 9.97. The third-order valence-electron chi connectivity index (χ3n) is 4.79. The highest BCUT2D eigenvalue weighted by Crippen LogP contribution is 2.21. The zero-order valence-corrected chi connectivity index (χ0v) is 15.3. The van der Waals surface area contributed by atoms with Crippen molar-refractivity contribution >= 4 is 17.7 Å². The lowest BCUT2D eigenvalue weighted by molar-refractivity contribution is 0.0928. The van der Waals surface area contributed by atoms with E-state index in [1.165, 1.54) is 57.8 Å². The van der Waals surface area contributed by atoms with Crippen LogP contribution in [0.2, 0.25) is 0 Å². The first-order valence-corrected chi connectivity index (χ1v) is 10.5. The number of hydrogen-bond acceptors (Lipinski definition) is 2. The van der Waals surface area contributed by atoms with Crippen molar-refractivity contribution in [3.8, 4) is 0 Å². The van der Waals surface area contributed by atoms with Crippen LogP contribution in [0.3, 0.4) is 0 Å². The molecule has 0 spiro atoms. The van der Waals surface area contributed by atoms with Crippen LogP contribution < -0.4 is 5.32 Å². The van der Waals surface area contributed by atoms with Gasteiger partial charge in [-0.25, -0.2) is 0 Å². The fourth-order valence-corrected chi connectivity index (χ4v) is 4.00. The van der Waals surface area contributed by atoms with Gasteiger partial charge in [-0.15, -0.1) is 11.8 Å². The average molecular weight is 334 g/mol. The van der Waals surface area contributed by atoms with Gasteiger partial charge in [0.15, 0.2) is 0 Å². The molecule has 0 aliphatic heterocycles. The van der Waals surface area contributed by atoms with E-state index in [0.29, 0.717) is 6.04 Å². The largest absolute Gasteiger partial charge is 0.349 e. The lowest BCUT2D eigenvalue weighted by Gasteiger charge is -2.20. The van der Waals surface area contributed by atoms with Gasteiger partial charge in [0, 0.05) is 10.9 Å². The number of carbonyl (C=O) groups is 1. The van der Waals surface area contributed by atoms with E-state index < -0.39 is 0 Å². The maximum absolute atomic E-state index is 12.6. The number of hydrogen-bond donors (Lipinski definition) is 1. The molecule has 23 heavy (non-hydrogen) atoms. The van der Waals surface area contributed by atoms with Gasteiger partial charge in [-0.2, -0.15) is 0 Å². The molecule has 0 radical (unpaired) electrons. The summed E-state index contributed by atoms with van der Waals surface area (Å²) in [7, 11) is 0. The van der Waals surface area contributed by atoms with Crippen LogP contribution in [0.4, 0.5) is 0 Å². The van der Waals surface area contributed by atoms with Crippen molar-refractivity contribution in [3.63, 3.8) is 0 Å². The topological polar surface area (TPSA) is 29.1 Å². The molecule has 1 aliphatic carbocycles. The van der Waals surface area contributed by atoms with Gasteiger partial charge in [0.25, 0.3) is 5.91 Å². The van der Waals surface area contributed by atoms with E-state index in [-0.39, 0.29) is 5.91 Å². The molecule has 1 amide bonds. The van der Waals surface area contributed by atoms with Gasteiger partial charge in [0.05, 0.1) is 5.56 Å². The van der Waals surface area contributed by atoms with Crippen LogP contribution in [-0.2, 0) is 0 Å². The van der Waals surface area contributed by atoms with Gasteiger partial charge >= 0.3 is 0 Å². The smallest absolute Gasteiger partial charge is 0.252 e. The first-order chi connectivity index (χ1) is 11.3. The number of thioether (sulfide) groups is 1. The molecule has 2 nitrogen and oxygen atoms in total. The van der Waals surface area contributed by atoms with Crippen LogP contribution >= 0.6 is 11.8 Å². The zero-order valence-electron chi connectivity index (χ0n) is 14.5. The van der Waals surface area contributed by atoms with Crippen molar-refractivity contribution in [1.82, 2.24) is 5.32 Å². The summed E-state index contributed by atoms with van der Waals surface area (Å²) in [6, 6.07) is 8.27. The van der Waals surface area contributed by atoms with Crippen molar-refractivity contribution in [2.45, 2.75) is 81.6 Å². The number of rotatable bonds is 3. The molecular weight excluding hydrogens is 302 g/mol. The molecule has 1 aliphatic rings. The van der Waals surface area contributed by atoms with Crippen LogP contribution in [0.25, 0.3) is 0 Å². The monoisotopic (exact) mass is 333 g/mol. The summed E-state index contributed by atoms with van der Waals surface area (Å²) in [6.07, 6.45) is 16.3. The molecule has 1 fully saturated rings. The minimum Gasteiger partial charge on any atom is -0.349 e. The van der Waals surface area contributed by atoms with E-state index in [1.54, 1.807) is 11.8 Å². The molecule has 1 aromatic carbocycles. The Kier molecular flexibility index (Phi) is 8.59. The van der Waals surface area contributed by atoms with Crippen LogP contribution in [0.1, 0.15) is 81.0 Å². The Morgan fingerprint density at radius 1 is 0.913 bits per heavy atom. The Morgan fingerprint density at radius 2 is 1.43 bits per heavy atom. The van der Waals surface area contributed by atoms with Crippen molar-refractivity contribution in [2.24, 2.45) is 0 Å². The van der Waals surface area contributed by atoms with Crippen LogP contribution in [0.15, 0.2) is 29.2 Å². The summed E-state index contributed by atoms with van der Waals surface area (Å²) in [5.41, 5.74) is 0.825. The normalized spacial score (nSPS) is 18.7. The van der Waals surface area contributed by atoms with Gasteiger partial charge in [-0.3, -0.25) is 4.79 Å². The lowest BCUT2D eigenvalue weighted by Crippen LogP contribution is -2.35. The minimum atomic E-state index is 0.104. The van der Waals surface area contributed by atoms with E-state index >= 15 is 0 Å². The predicted molar refractivity (Wildman–Crippen MR) is 100 cm³/mol. The zero-order chi connectivity index (χ0) is 16.3. The summed E-state index contributed by atoms with van der Waals surface area (Å²) in [6.45, 7) is 0. The second-order valence-electron chi connectivity index (χ2n) is 6.63. The molecule has 128 valence electrons. The van der Waals surface area contributed by atoms with Crippen molar-refractivity contribution < 1.29 is 4.79 Å². The maximum atomic E-state index is 12.6. The van der Waals surface area contributed by atoms with Crippen molar-refractivity contribution in [2.75, 3.05) is 6.26 Å². The molecule has 0 saturated heterocycles. The molecule has 0 heterocycles. The maximum Gasteiger partial charge on any atom is 0.252 e. The Bertz CT molecular complexity index is 462. The number of amides is 1. The van der Waals surface area contributed by atoms with E-state index in [4.69, 9.17) is 0 Å². The highest BCUT2D eigenvalue weighted by atomic mass is 32.2. The molecule has 1 aromatic rings. The summed E-state index contributed by atoms with van der Waals surface area (Å²) in [5, 5.41) is 3.31. The summed E-state index contributed by atoms with van der Waals surface area (Å²) >= 11 is 1.64. The minimum absolute atomic E-state index is 0.104. The molecule has 0 unspecified atom stereocenters. The highest BCUT2D eigenvalue weighted by molar-refractivity contribution is 7.98. The number of benzene rings is 1. The molecule has 2 rings (SSSR count). The summed E-state index contributed by atoms with van der Waals surface area (Å²) in [4.78, 5) is 13.7. The van der Waals surface area contributed by atoms with Crippen molar-refractivity contribution in [1.29, 1.82) is 0 Å². The van der Waals surface area contributed by atoms with Crippen LogP contribution in [0, 0.1) is 0 Å². The predicted octanol–water partition coefficient (Wildman–Crippen LogP) is 5.81. The van der Waals surface area contributed by atoms with E-state index in [9.17, 15) is 4.79 Å². The van der Waals surface area contributed by atoms with Crippen molar-refractivity contribution in [3.05, 3.63) is 29.8 Å². The highest BCUT2D eigenvalue weighted by Gasteiger charge is 2.16. The number of nitrogens with one attached hydrogen (secondary N) is 1. The van der Waals surface area contributed by atoms with Gasteiger partial charge < -0.3 is 5.32 Å². The van der Waals surface area contributed by atoms with Gasteiger partial charge in [0.1, 0.15) is 0 Å². The second kappa shape index (κ2) is 10.7. The first-order valence-electron chi connectivity index (χ1n) is 9.25. The van der Waals surface area contributed by atoms with E-state index in [2.05, 4.69) is 5.32 Å². The molecule has 0 aromatic heterocycles. The summed E-state index contributed by atoms with van der Waals surface area (Å²) < 4.78 is 0. The van der Waals surface area contributed by atoms with Gasteiger partial charge in [-0.1, -0.05) is 69.9 Å². The van der Waals surface area contributed by atoms with Gasteiger partial charge in [-0.05, 0) is 31.2 Å². The third-order valence-corrected chi connectivity index (χ3v) is 5.59. The Morgan fingerprint density at radius 3 is 2.00 bits per heavy atom. The van der Waals surface area contributed by atoms with Crippen LogP contribution in [0.5, 0.6) is 0 Å². The number of carbonyl (C=O) groups excluding carboxylic acids is 1. The Hall–Kier alpha value is -0.960. The molecule has 0 bridgehead atoms. The standard InChI is InChI=1S/C20H31NOS/c1-23-19-16-12-11-15-18(19)20(22)21-17-13-9-7-5-3-2-4-6-8-10-14-17/h11-12,15-17H,2-10,13-14H2,1H3,(H,21,22). The fraction of sp³-hybridized carbons (Fsp3) is 0.650. The third kappa shape index (κ3) is 6.58.